The largest absolute Gasteiger partial charge is 0.369 e. The molecule has 2 aliphatic carbocycles. The number of rotatable bonds is 15. The van der Waals surface area contributed by atoms with E-state index < -0.39 is 6.04 Å². The zero-order valence-electron chi connectivity index (χ0n) is 34.9. The minimum Gasteiger partial charge on any atom is -0.369 e. The number of nitrogens with one attached hydrogen (secondary N) is 2. The summed E-state index contributed by atoms with van der Waals surface area (Å²) < 4.78 is 36.2. The zero-order valence-corrected chi connectivity index (χ0v) is 34.9. The van der Waals surface area contributed by atoms with Gasteiger partial charge < -0.3 is 34.7 Å². The maximum Gasteiger partial charge on any atom is 0.249 e. The first-order chi connectivity index (χ1) is 29.8. The monoisotopic (exact) mass is 840 g/mol. The molecular formula is C47H58F2N6O6. The Balaban J connectivity index is 0.000000192. The van der Waals surface area contributed by atoms with Crippen molar-refractivity contribution < 1.29 is 37.4 Å². The summed E-state index contributed by atoms with van der Waals surface area (Å²) in [7, 11) is 1.95. The van der Waals surface area contributed by atoms with Crippen LogP contribution in [0, 0.1) is 11.9 Å². The Morgan fingerprint density at radius 1 is 0.672 bits per heavy atom. The Bertz CT molecular complexity index is 1900. The second-order valence-electron chi connectivity index (χ2n) is 15.3. The van der Waals surface area contributed by atoms with Gasteiger partial charge in [-0.3, -0.25) is 14.4 Å². The lowest BCUT2D eigenvalue weighted by Crippen LogP contribution is -2.47. The van der Waals surface area contributed by atoms with Crippen LogP contribution in [0.3, 0.4) is 0 Å². The van der Waals surface area contributed by atoms with Gasteiger partial charge in [0.1, 0.15) is 25.5 Å². The molecule has 4 aliphatic rings. The van der Waals surface area contributed by atoms with Crippen LogP contribution in [0.15, 0.2) is 97.3 Å². The molecule has 2 N–H and O–H groups in total. The van der Waals surface area contributed by atoms with Gasteiger partial charge in [-0.15, -0.1) is 0 Å². The minimum absolute atomic E-state index is 0.114. The van der Waals surface area contributed by atoms with Gasteiger partial charge >= 0.3 is 0 Å². The fraction of sp³-hybridized carbons (Fsp3) is 0.447. The smallest absolute Gasteiger partial charge is 0.249 e. The highest BCUT2D eigenvalue weighted by molar-refractivity contribution is 5.88. The van der Waals surface area contributed by atoms with Crippen LogP contribution in [0.4, 0.5) is 8.78 Å². The Labute approximate surface area is 357 Å². The van der Waals surface area contributed by atoms with Crippen LogP contribution in [0.5, 0.6) is 0 Å². The Morgan fingerprint density at radius 3 is 1.66 bits per heavy atom. The molecule has 2 atom stereocenters. The first kappa shape index (κ1) is 46.6. The van der Waals surface area contributed by atoms with Gasteiger partial charge in [-0.25, -0.2) is 9.97 Å². The molecule has 2 saturated carbocycles. The van der Waals surface area contributed by atoms with E-state index in [1.165, 1.54) is 22.9 Å². The summed E-state index contributed by atoms with van der Waals surface area (Å²) in [5.41, 5.74) is 3.93. The molecule has 61 heavy (non-hydrogen) atoms. The lowest BCUT2D eigenvalue weighted by atomic mass is 10.2. The molecule has 3 amide bonds. The van der Waals surface area contributed by atoms with Crippen LogP contribution >= 0.6 is 0 Å². The molecule has 4 aromatic rings. The fourth-order valence-electron chi connectivity index (χ4n) is 7.08. The van der Waals surface area contributed by atoms with E-state index in [0.717, 1.165) is 68.0 Å². The average Bonchev–Trinajstić information content (AvgIpc) is 4.22. The maximum atomic E-state index is 12.8. The number of likely N-dealkylation sites (tertiary alicyclic amines) is 2. The molecule has 2 aromatic carbocycles. The quantitative estimate of drug-likeness (QED) is 0.0823. The molecule has 14 heteroatoms. The lowest BCUT2D eigenvalue weighted by Gasteiger charge is -2.24. The normalized spacial score (nSPS) is 17.8. The van der Waals surface area contributed by atoms with Gasteiger partial charge in [0.2, 0.25) is 29.6 Å². The predicted octanol–water partition coefficient (Wildman–Crippen LogP) is 6.12. The number of benzene rings is 2. The summed E-state index contributed by atoms with van der Waals surface area (Å²) >= 11 is 0. The summed E-state index contributed by atoms with van der Waals surface area (Å²) in [5.74, 6) is -0.240. The molecular weight excluding hydrogens is 783 g/mol. The number of hydrogen-bond donors (Lipinski definition) is 2. The number of ether oxygens (including phenoxy) is 2. The van der Waals surface area contributed by atoms with Crippen molar-refractivity contribution in [2.24, 2.45) is 0 Å². The van der Waals surface area contributed by atoms with Crippen molar-refractivity contribution in [3.05, 3.63) is 131 Å². The molecule has 0 radical (unpaired) electrons. The van der Waals surface area contributed by atoms with Gasteiger partial charge in [-0.1, -0.05) is 72.8 Å². The van der Waals surface area contributed by atoms with Crippen LogP contribution in [-0.4, -0.2) is 102 Å². The standard InChI is InChI=1S/C23H31N3O6.2C8H8FN.C8H11N/c27-15-19-8-4-10-25(19)21(28)16-31-12-13-32-17-22(29)26-11-5-9-20(26)23(30)24-14-18-6-2-1-3-7-18;2*9-8-7(6-3-4-6)2-1-5-10-8;1-9-7-8-5-3-2-4-6-8/h1-3,6-7,15,19-20H,4-5,8-14,16-17H2,(H,24,30);2*1-2,5-6H,3-4H2;2-6,9H,7H2,1H3. The number of carbonyl (C=O) groups is 4. The van der Waals surface area contributed by atoms with Crippen molar-refractivity contribution in [3.63, 3.8) is 0 Å². The van der Waals surface area contributed by atoms with Gasteiger partial charge in [0.25, 0.3) is 0 Å². The van der Waals surface area contributed by atoms with Crippen molar-refractivity contribution in [2.75, 3.05) is 46.6 Å². The van der Waals surface area contributed by atoms with Gasteiger partial charge in [0.15, 0.2) is 0 Å². The van der Waals surface area contributed by atoms with Crippen molar-refractivity contribution >= 4 is 24.0 Å². The molecule has 2 aromatic heterocycles. The molecule has 4 heterocycles. The van der Waals surface area contributed by atoms with Gasteiger partial charge in [0.05, 0.1) is 19.3 Å². The number of carbonyl (C=O) groups excluding carboxylic acids is 4. The van der Waals surface area contributed by atoms with Gasteiger partial charge in [0, 0.05) is 49.7 Å². The molecule has 326 valence electrons. The maximum absolute atomic E-state index is 12.8. The third-order valence-electron chi connectivity index (χ3n) is 10.6. The molecule has 2 unspecified atom stereocenters. The van der Waals surface area contributed by atoms with E-state index in [0.29, 0.717) is 44.3 Å². The van der Waals surface area contributed by atoms with Crippen molar-refractivity contribution in [1.82, 2.24) is 30.4 Å². The van der Waals surface area contributed by atoms with Crippen molar-refractivity contribution in [3.8, 4) is 0 Å². The van der Waals surface area contributed by atoms with E-state index in [-0.39, 0.29) is 62.1 Å². The van der Waals surface area contributed by atoms with Crippen molar-refractivity contribution in [2.45, 2.75) is 88.4 Å². The first-order valence-electron chi connectivity index (χ1n) is 21.2. The van der Waals surface area contributed by atoms with E-state index in [1.54, 1.807) is 17.0 Å². The summed E-state index contributed by atoms with van der Waals surface area (Å²) in [6, 6.07) is 26.4. The molecule has 0 bridgehead atoms. The second kappa shape index (κ2) is 25.4. The molecule has 12 nitrogen and oxygen atoms in total. The van der Waals surface area contributed by atoms with E-state index >= 15 is 0 Å². The number of halogens is 2. The third-order valence-corrected chi connectivity index (χ3v) is 10.6. The topological polar surface area (TPSA) is 143 Å². The number of amides is 3. The second-order valence-corrected chi connectivity index (χ2v) is 15.3. The number of nitrogens with zero attached hydrogens (tertiary/aromatic N) is 4. The lowest BCUT2D eigenvalue weighted by molar-refractivity contribution is -0.143. The summed E-state index contributed by atoms with van der Waals surface area (Å²) in [6.07, 6.45) is 11.2. The molecule has 2 aliphatic heterocycles. The third kappa shape index (κ3) is 15.8. The summed E-state index contributed by atoms with van der Waals surface area (Å²) in [4.78, 5) is 58.3. The SMILES string of the molecule is CNCc1ccccc1.Fc1ncccc1C1CC1.Fc1ncccc1C1CC1.O=CC1CCCN1C(=O)COCCOCC(=O)N1CCCC1C(=O)NCc1ccccc1. The molecule has 0 spiro atoms. The van der Waals surface area contributed by atoms with Gasteiger partial charge in [-0.05, 0) is 93.5 Å². The first-order valence-corrected chi connectivity index (χ1v) is 21.2. The zero-order chi connectivity index (χ0) is 43.2. The molecule has 8 rings (SSSR count). The average molecular weight is 841 g/mol. The predicted molar refractivity (Wildman–Crippen MR) is 227 cm³/mol. The number of aromatic nitrogens is 2. The van der Waals surface area contributed by atoms with Crippen LogP contribution in [0.2, 0.25) is 0 Å². The van der Waals surface area contributed by atoms with E-state index in [2.05, 4.69) is 32.7 Å². The molecule has 4 fully saturated rings. The Kier molecular flexibility index (Phi) is 19.4. The highest BCUT2D eigenvalue weighted by Gasteiger charge is 2.34. The number of aldehydes is 1. The Hall–Kier alpha value is -5.44. The van der Waals surface area contributed by atoms with Gasteiger partial charge in [-0.2, -0.15) is 8.78 Å². The number of hydrogen-bond acceptors (Lipinski definition) is 9. The van der Waals surface area contributed by atoms with Crippen LogP contribution in [-0.2, 0) is 41.7 Å². The fourth-order valence-corrected chi connectivity index (χ4v) is 7.08. The summed E-state index contributed by atoms with van der Waals surface area (Å²) in [6.45, 7) is 2.57. The highest BCUT2D eigenvalue weighted by atomic mass is 19.1. The Morgan fingerprint density at radius 2 is 1.16 bits per heavy atom. The van der Waals surface area contributed by atoms with E-state index in [1.807, 2.05) is 67.7 Å². The van der Waals surface area contributed by atoms with Crippen LogP contribution in [0.1, 0.15) is 85.5 Å². The number of pyridine rings is 2. The molecule has 2 saturated heterocycles. The van der Waals surface area contributed by atoms with E-state index in [4.69, 9.17) is 9.47 Å². The summed E-state index contributed by atoms with van der Waals surface area (Å²) in [5, 5.41) is 5.98. The van der Waals surface area contributed by atoms with Crippen LogP contribution in [0.25, 0.3) is 0 Å². The van der Waals surface area contributed by atoms with Crippen LogP contribution < -0.4 is 10.6 Å². The van der Waals surface area contributed by atoms with E-state index in [9.17, 15) is 28.0 Å². The minimum atomic E-state index is -0.477. The highest BCUT2D eigenvalue weighted by Crippen LogP contribution is 2.41. The van der Waals surface area contributed by atoms with Crippen molar-refractivity contribution in [1.29, 1.82) is 0 Å².